The van der Waals surface area contributed by atoms with Crippen LogP contribution in [-0.4, -0.2) is 28.5 Å². The SMILES string of the molecule is C[Si](C)(C)CNc1c2ccccc2c(NC[Si](C)(C)C)c2ccccc12. The highest BCUT2D eigenvalue weighted by Gasteiger charge is 2.19. The summed E-state index contributed by atoms with van der Waals surface area (Å²) < 4.78 is 0. The number of hydrogen-bond donors (Lipinski definition) is 2. The van der Waals surface area contributed by atoms with Gasteiger partial charge in [0, 0.05) is 45.3 Å². The van der Waals surface area contributed by atoms with Crippen LogP contribution in [0.2, 0.25) is 39.3 Å². The van der Waals surface area contributed by atoms with Crippen molar-refractivity contribution in [3.05, 3.63) is 48.5 Å². The molecular weight excluding hydrogens is 348 g/mol. The maximum atomic E-state index is 3.81. The van der Waals surface area contributed by atoms with E-state index in [1.54, 1.807) is 0 Å². The Kier molecular flexibility index (Phi) is 5.17. The summed E-state index contributed by atoms with van der Waals surface area (Å²) in [6.45, 7) is 14.5. The second-order valence-electron chi connectivity index (χ2n) is 9.67. The Hall–Kier alpha value is -1.79. The fourth-order valence-electron chi connectivity index (χ4n) is 3.22. The summed E-state index contributed by atoms with van der Waals surface area (Å²) >= 11 is 0. The van der Waals surface area contributed by atoms with E-state index in [0.717, 1.165) is 12.3 Å². The average Bonchev–Trinajstić information content (AvgIpc) is 2.56. The zero-order valence-electron chi connectivity index (χ0n) is 17.0. The molecule has 0 aliphatic heterocycles. The summed E-state index contributed by atoms with van der Waals surface area (Å²) in [7, 11) is -2.38. The van der Waals surface area contributed by atoms with Crippen molar-refractivity contribution < 1.29 is 0 Å². The number of anilines is 2. The van der Waals surface area contributed by atoms with Crippen LogP contribution in [0, 0.1) is 0 Å². The molecular formula is C22H32N2Si2. The van der Waals surface area contributed by atoms with Crippen molar-refractivity contribution in [2.24, 2.45) is 0 Å². The molecule has 0 unspecified atom stereocenters. The smallest absolute Gasteiger partial charge is 0.0662 e. The van der Waals surface area contributed by atoms with Crippen LogP contribution in [0.1, 0.15) is 0 Å². The highest BCUT2D eigenvalue weighted by atomic mass is 28.3. The van der Waals surface area contributed by atoms with Gasteiger partial charge in [-0.1, -0.05) is 87.8 Å². The molecule has 138 valence electrons. The molecule has 3 aromatic carbocycles. The molecule has 0 saturated carbocycles. The summed E-state index contributed by atoms with van der Waals surface area (Å²) in [5.74, 6) is 0. The fraction of sp³-hybridized carbons (Fsp3) is 0.364. The molecule has 0 bridgehead atoms. The van der Waals surface area contributed by atoms with Gasteiger partial charge in [-0.2, -0.15) is 0 Å². The van der Waals surface area contributed by atoms with E-state index in [-0.39, 0.29) is 0 Å². The summed E-state index contributed by atoms with van der Waals surface area (Å²) in [4.78, 5) is 0. The van der Waals surface area contributed by atoms with Gasteiger partial charge in [0.15, 0.2) is 0 Å². The van der Waals surface area contributed by atoms with Crippen molar-refractivity contribution in [2.45, 2.75) is 39.3 Å². The molecule has 0 radical (unpaired) electrons. The number of hydrogen-bond acceptors (Lipinski definition) is 2. The number of benzene rings is 3. The van der Waals surface area contributed by atoms with Gasteiger partial charge in [0.25, 0.3) is 0 Å². The lowest BCUT2D eigenvalue weighted by Gasteiger charge is -2.24. The Morgan fingerprint density at radius 1 is 0.538 bits per heavy atom. The molecule has 26 heavy (non-hydrogen) atoms. The van der Waals surface area contributed by atoms with Crippen LogP contribution in [0.4, 0.5) is 11.4 Å². The van der Waals surface area contributed by atoms with Crippen molar-refractivity contribution in [1.82, 2.24) is 0 Å². The zero-order valence-corrected chi connectivity index (χ0v) is 19.0. The van der Waals surface area contributed by atoms with E-state index in [4.69, 9.17) is 0 Å². The lowest BCUT2D eigenvalue weighted by atomic mass is 9.98. The minimum Gasteiger partial charge on any atom is -0.387 e. The van der Waals surface area contributed by atoms with Gasteiger partial charge in [0.1, 0.15) is 0 Å². The summed E-state index contributed by atoms with van der Waals surface area (Å²) in [5, 5.41) is 12.9. The lowest BCUT2D eigenvalue weighted by molar-refractivity contribution is 1.37. The number of rotatable bonds is 6. The molecule has 3 aromatic rings. The average molecular weight is 381 g/mol. The Morgan fingerprint density at radius 2 is 0.808 bits per heavy atom. The van der Waals surface area contributed by atoms with Crippen LogP contribution in [0.25, 0.3) is 21.5 Å². The Balaban J connectivity index is 2.21. The second-order valence-corrected chi connectivity index (χ2v) is 20.6. The third kappa shape index (κ3) is 4.30. The second kappa shape index (κ2) is 7.08. The first-order valence-electron chi connectivity index (χ1n) is 9.57. The third-order valence-corrected chi connectivity index (χ3v) is 7.00. The predicted octanol–water partition coefficient (Wildman–Crippen LogP) is 6.57. The van der Waals surface area contributed by atoms with Gasteiger partial charge in [0.2, 0.25) is 0 Å². The van der Waals surface area contributed by atoms with Crippen LogP contribution in [0.3, 0.4) is 0 Å². The molecule has 2 N–H and O–H groups in total. The molecule has 0 fully saturated rings. The topological polar surface area (TPSA) is 24.1 Å². The van der Waals surface area contributed by atoms with E-state index in [2.05, 4.69) is 98.4 Å². The van der Waals surface area contributed by atoms with E-state index in [9.17, 15) is 0 Å². The van der Waals surface area contributed by atoms with Gasteiger partial charge < -0.3 is 10.6 Å². The lowest BCUT2D eigenvalue weighted by Crippen LogP contribution is -2.32. The zero-order chi connectivity index (χ0) is 18.9. The number of fused-ring (bicyclic) bond motifs is 2. The summed E-state index contributed by atoms with van der Waals surface area (Å²) in [6, 6.07) is 17.6. The van der Waals surface area contributed by atoms with Crippen molar-refractivity contribution in [3.63, 3.8) is 0 Å². The maximum Gasteiger partial charge on any atom is 0.0662 e. The van der Waals surface area contributed by atoms with Gasteiger partial charge in [-0.3, -0.25) is 0 Å². The van der Waals surface area contributed by atoms with Crippen LogP contribution >= 0.6 is 0 Å². The number of nitrogens with one attached hydrogen (secondary N) is 2. The molecule has 2 nitrogen and oxygen atoms in total. The molecule has 0 aliphatic rings. The standard InChI is InChI=1S/C22H32N2Si2/c1-25(2,3)15-23-21-17-11-7-9-13-19(17)22(24-16-26(4,5)6)20-14-10-8-12-18(20)21/h7-14,23-24H,15-16H2,1-6H3. The third-order valence-electron chi connectivity index (χ3n) is 4.52. The first-order chi connectivity index (χ1) is 12.2. The molecule has 0 aromatic heterocycles. The van der Waals surface area contributed by atoms with Gasteiger partial charge in [0.05, 0.1) is 16.1 Å². The van der Waals surface area contributed by atoms with Gasteiger partial charge >= 0.3 is 0 Å². The van der Waals surface area contributed by atoms with Crippen molar-refractivity contribution >= 4 is 49.1 Å². The van der Waals surface area contributed by atoms with E-state index in [1.807, 2.05) is 0 Å². The molecule has 0 atom stereocenters. The van der Waals surface area contributed by atoms with E-state index in [0.29, 0.717) is 0 Å². The minimum atomic E-state index is -1.19. The van der Waals surface area contributed by atoms with Crippen molar-refractivity contribution in [3.8, 4) is 0 Å². The van der Waals surface area contributed by atoms with Crippen LogP contribution < -0.4 is 10.6 Å². The molecule has 4 heteroatoms. The van der Waals surface area contributed by atoms with E-state index >= 15 is 0 Å². The van der Waals surface area contributed by atoms with Crippen molar-refractivity contribution in [1.29, 1.82) is 0 Å². The van der Waals surface area contributed by atoms with Gasteiger partial charge in [-0.05, 0) is 0 Å². The minimum absolute atomic E-state index is 1.09. The fourth-order valence-corrected chi connectivity index (χ4v) is 4.63. The summed E-state index contributed by atoms with van der Waals surface area (Å²) in [6.07, 6.45) is 2.17. The molecule has 0 heterocycles. The summed E-state index contributed by atoms with van der Waals surface area (Å²) in [5.41, 5.74) is 2.58. The predicted molar refractivity (Wildman–Crippen MR) is 125 cm³/mol. The Labute approximate surface area is 160 Å². The van der Waals surface area contributed by atoms with Crippen LogP contribution in [0.15, 0.2) is 48.5 Å². The first kappa shape index (κ1) is 19.0. The Morgan fingerprint density at radius 3 is 1.04 bits per heavy atom. The monoisotopic (exact) mass is 380 g/mol. The van der Waals surface area contributed by atoms with E-state index < -0.39 is 16.1 Å². The molecule has 0 saturated heterocycles. The van der Waals surface area contributed by atoms with Crippen LogP contribution in [-0.2, 0) is 0 Å². The normalized spacial score (nSPS) is 12.5. The maximum absolute atomic E-state index is 3.81. The van der Waals surface area contributed by atoms with Crippen molar-refractivity contribution in [2.75, 3.05) is 23.0 Å². The molecule has 3 rings (SSSR count). The molecule has 0 aliphatic carbocycles. The van der Waals surface area contributed by atoms with Gasteiger partial charge in [-0.15, -0.1) is 0 Å². The van der Waals surface area contributed by atoms with Gasteiger partial charge in [-0.25, -0.2) is 0 Å². The Bertz CT molecular complexity index is 788. The van der Waals surface area contributed by atoms with Crippen LogP contribution in [0.5, 0.6) is 0 Å². The van der Waals surface area contributed by atoms with E-state index in [1.165, 1.54) is 32.9 Å². The quantitative estimate of drug-likeness (QED) is 0.287. The molecule has 0 amide bonds. The highest BCUT2D eigenvalue weighted by Crippen LogP contribution is 2.40. The first-order valence-corrected chi connectivity index (χ1v) is 17.0. The highest BCUT2D eigenvalue weighted by molar-refractivity contribution is 6.77. The largest absolute Gasteiger partial charge is 0.387 e. The molecule has 0 spiro atoms.